The minimum absolute atomic E-state index is 0.200. The summed E-state index contributed by atoms with van der Waals surface area (Å²) < 4.78 is 0. The average molecular weight is 347 g/mol. The predicted molar refractivity (Wildman–Crippen MR) is 89.0 cm³/mol. The lowest BCUT2D eigenvalue weighted by Gasteiger charge is -2.08. The maximum absolute atomic E-state index is 11.6. The highest BCUT2D eigenvalue weighted by atomic mass is 32.1. The Morgan fingerprint density at radius 3 is 2.38 bits per heavy atom. The Morgan fingerprint density at radius 1 is 0.917 bits per heavy atom. The summed E-state index contributed by atoms with van der Waals surface area (Å²) in [6.45, 7) is -0.200. The minimum Gasteiger partial charge on any atom is -0.345 e. The summed E-state index contributed by atoms with van der Waals surface area (Å²) in [6.07, 6.45) is 0. The minimum atomic E-state index is -0.483. The van der Waals surface area contributed by atoms with E-state index in [1.165, 1.54) is 11.3 Å². The molecule has 0 aliphatic rings. The molecule has 0 aliphatic carbocycles. The molecule has 0 fully saturated rings. The van der Waals surface area contributed by atoms with Crippen molar-refractivity contribution in [2.24, 2.45) is 0 Å². The number of amides is 3. The van der Waals surface area contributed by atoms with Gasteiger partial charge in [0.1, 0.15) is 0 Å². The predicted octanol–water partition coefficient (Wildman–Crippen LogP) is 0.842. The number of nitrogens with one attached hydrogen (secondary N) is 3. The monoisotopic (exact) mass is 347 g/mol. The fourth-order valence-electron chi connectivity index (χ4n) is 1.71. The number of carbonyl (C=O) groups excluding carboxylic acids is 3. The van der Waals surface area contributed by atoms with Crippen LogP contribution in [0.2, 0.25) is 0 Å². The first-order valence-electron chi connectivity index (χ1n) is 7.18. The molecule has 0 aliphatic heterocycles. The van der Waals surface area contributed by atoms with E-state index in [0.717, 1.165) is 5.56 Å². The first-order valence-corrected chi connectivity index (χ1v) is 8.06. The van der Waals surface area contributed by atoms with Gasteiger partial charge >= 0.3 is 0 Å². The first-order chi connectivity index (χ1) is 11.6. The van der Waals surface area contributed by atoms with Crippen LogP contribution in [0.15, 0.2) is 47.8 Å². The number of carbonyl (C=O) groups is 3. The molecule has 2 rings (SSSR count). The molecule has 24 heavy (non-hydrogen) atoms. The third-order valence-corrected chi connectivity index (χ3v) is 3.74. The summed E-state index contributed by atoms with van der Waals surface area (Å²) in [6, 6.07) is 12.8. The van der Waals surface area contributed by atoms with Crippen LogP contribution in [0.5, 0.6) is 0 Å². The smallest absolute Gasteiger partial charge is 0.262 e. The van der Waals surface area contributed by atoms with Crippen LogP contribution in [0.3, 0.4) is 0 Å². The van der Waals surface area contributed by atoms with Gasteiger partial charge in [-0.05, 0) is 17.0 Å². The number of benzene rings is 1. The fraction of sp³-hybridized carbons (Fsp3) is 0.188. The van der Waals surface area contributed by atoms with E-state index in [1.54, 1.807) is 17.5 Å². The van der Waals surface area contributed by atoms with Gasteiger partial charge in [0, 0.05) is 0 Å². The summed E-state index contributed by atoms with van der Waals surface area (Å²) in [5.41, 5.74) is 3.15. The van der Waals surface area contributed by atoms with Crippen molar-refractivity contribution in [2.75, 3.05) is 13.1 Å². The molecule has 8 heteroatoms. The van der Waals surface area contributed by atoms with Crippen molar-refractivity contribution < 1.29 is 19.2 Å². The van der Waals surface area contributed by atoms with Gasteiger partial charge in [-0.1, -0.05) is 36.4 Å². The number of thiophene rings is 1. The normalized spacial score (nSPS) is 10.0. The molecule has 126 valence electrons. The van der Waals surface area contributed by atoms with E-state index in [1.807, 2.05) is 30.3 Å². The molecule has 2 aromatic rings. The summed E-state index contributed by atoms with van der Waals surface area (Å²) in [7, 11) is 0. The molecule has 1 heterocycles. The Kier molecular flexibility index (Phi) is 6.93. The van der Waals surface area contributed by atoms with E-state index in [2.05, 4.69) is 16.1 Å². The van der Waals surface area contributed by atoms with Gasteiger partial charge in [0.2, 0.25) is 5.91 Å². The van der Waals surface area contributed by atoms with Crippen LogP contribution in [-0.2, 0) is 21.0 Å². The number of hydrogen-bond acceptors (Lipinski definition) is 5. The molecule has 3 N–H and O–H groups in total. The van der Waals surface area contributed by atoms with Gasteiger partial charge in [0.15, 0.2) is 0 Å². The van der Waals surface area contributed by atoms with Gasteiger partial charge in [-0.15, -0.1) is 11.3 Å². The molecule has 1 aromatic heterocycles. The lowest BCUT2D eigenvalue weighted by atomic mass is 10.2. The van der Waals surface area contributed by atoms with Gasteiger partial charge in [0.05, 0.1) is 24.6 Å². The molecule has 1 aromatic carbocycles. The van der Waals surface area contributed by atoms with Gasteiger partial charge in [-0.25, -0.2) is 5.48 Å². The maximum atomic E-state index is 11.6. The molecule has 0 atom stereocenters. The summed E-state index contributed by atoms with van der Waals surface area (Å²) in [5.74, 6) is -1.27. The first kappa shape index (κ1) is 17.6. The molecule has 0 radical (unpaired) electrons. The molecule has 0 saturated carbocycles. The third kappa shape index (κ3) is 6.19. The Hall–Kier alpha value is -2.71. The van der Waals surface area contributed by atoms with Crippen LogP contribution in [-0.4, -0.2) is 30.8 Å². The SMILES string of the molecule is O=C(CNC(=O)c1cccs1)NCC(=O)NOCc1ccccc1. The Morgan fingerprint density at radius 2 is 1.67 bits per heavy atom. The van der Waals surface area contributed by atoms with Crippen molar-refractivity contribution in [2.45, 2.75) is 6.61 Å². The second-order valence-corrected chi connectivity index (χ2v) is 5.68. The molecule has 0 bridgehead atoms. The summed E-state index contributed by atoms with van der Waals surface area (Å²) in [4.78, 5) is 40.3. The van der Waals surface area contributed by atoms with Crippen molar-refractivity contribution in [1.82, 2.24) is 16.1 Å². The van der Waals surface area contributed by atoms with Gasteiger partial charge < -0.3 is 10.6 Å². The molecule has 7 nitrogen and oxygen atoms in total. The standard InChI is InChI=1S/C16H17N3O4S/c20-14(9-18-16(22)13-7-4-8-24-13)17-10-15(21)19-23-11-12-5-2-1-3-6-12/h1-8H,9-11H2,(H,17,20)(H,18,22)(H,19,21). The van der Waals surface area contributed by atoms with Crippen LogP contribution in [0, 0.1) is 0 Å². The maximum Gasteiger partial charge on any atom is 0.262 e. The molecule has 0 spiro atoms. The number of hydrogen-bond donors (Lipinski definition) is 3. The van der Waals surface area contributed by atoms with E-state index >= 15 is 0 Å². The molecular formula is C16H17N3O4S. The topological polar surface area (TPSA) is 96.5 Å². The average Bonchev–Trinajstić information content (AvgIpc) is 3.13. The van der Waals surface area contributed by atoms with Crippen LogP contribution in [0.25, 0.3) is 0 Å². The van der Waals surface area contributed by atoms with Gasteiger partial charge in [-0.3, -0.25) is 19.2 Å². The van der Waals surface area contributed by atoms with Crippen LogP contribution < -0.4 is 16.1 Å². The third-order valence-electron chi connectivity index (χ3n) is 2.87. The van der Waals surface area contributed by atoms with Crippen molar-refractivity contribution in [3.63, 3.8) is 0 Å². The Balaban J connectivity index is 1.57. The van der Waals surface area contributed by atoms with E-state index in [0.29, 0.717) is 4.88 Å². The lowest BCUT2D eigenvalue weighted by molar-refractivity contribution is -0.135. The van der Waals surface area contributed by atoms with E-state index in [9.17, 15) is 14.4 Å². The highest BCUT2D eigenvalue weighted by Crippen LogP contribution is 2.07. The zero-order valence-corrected chi connectivity index (χ0v) is 13.6. The van der Waals surface area contributed by atoms with Crippen molar-refractivity contribution in [1.29, 1.82) is 0 Å². The van der Waals surface area contributed by atoms with Crippen molar-refractivity contribution >= 4 is 29.1 Å². The van der Waals surface area contributed by atoms with Crippen molar-refractivity contribution in [3.8, 4) is 0 Å². The summed E-state index contributed by atoms with van der Waals surface area (Å²) in [5, 5.41) is 6.63. The van der Waals surface area contributed by atoms with E-state index in [-0.39, 0.29) is 25.6 Å². The Labute approximate surface area is 143 Å². The highest BCUT2D eigenvalue weighted by Gasteiger charge is 2.09. The molecular weight excluding hydrogens is 330 g/mol. The van der Waals surface area contributed by atoms with Gasteiger partial charge in [0.25, 0.3) is 11.8 Å². The number of hydroxylamine groups is 1. The van der Waals surface area contributed by atoms with E-state index in [4.69, 9.17) is 4.84 Å². The van der Waals surface area contributed by atoms with Crippen LogP contribution in [0.1, 0.15) is 15.2 Å². The second kappa shape index (κ2) is 9.43. The van der Waals surface area contributed by atoms with Crippen LogP contribution >= 0.6 is 11.3 Å². The molecule has 0 saturated heterocycles. The zero-order valence-electron chi connectivity index (χ0n) is 12.8. The lowest BCUT2D eigenvalue weighted by Crippen LogP contribution is -2.41. The van der Waals surface area contributed by atoms with Crippen LogP contribution in [0.4, 0.5) is 0 Å². The molecule has 0 unspecified atom stereocenters. The number of rotatable bonds is 8. The zero-order chi connectivity index (χ0) is 17.2. The quantitative estimate of drug-likeness (QED) is 0.617. The molecule has 3 amide bonds. The van der Waals surface area contributed by atoms with Gasteiger partial charge in [-0.2, -0.15) is 0 Å². The fourth-order valence-corrected chi connectivity index (χ4v) is 2.35. The highest BCUT2D eigenvalue weighted by molar-refractivity contribution is 7.12. The van der Waals surface area contributed by atoms with Crippen molar-refractivity contribution in [3.05, 3.63) is 58.3 Å². The van der Waals surface area contributed by atoms with E-state index < -0.39 is 11.8 Å². The second-order valence-electron chi connectivity index (χ2n) is 4.74. The largest absolute Gasteiger partial charge is 0.345 e. The summed E-state index contributed by atoms with van der Waals surface area (Å²) >= 11 is 1.28. The Bertz CT molecular complexity index is 674.